The van der Waals surface area contributed by atoms with Crippen molar-refractivity contribution >= 4 is 17.7 Å². The summed E-state index contributed by atoms with van der Waals surface area (Å²) in [4.78, 5) is 10.8. The van der Waals surface area contributed by atoms with Crippen LogP contribution in [-0.2, 0) is 4.79 Å². The maximum atomic E-state index is 10.8. The number of carboxylic acids is 1. The topological polar surface area (TPSA) is 49.3 Å². The van der Waals surface area contributed by atoms with Gasteiger partial charge in [-0.05, 0) is 12.3 Å². The second kappa shape index (κ2) is 6.38. The van der Waals surface area contributed by atoms with Crippen LogP contribution in [-0.4, -0.2) is 28.2 Å². The Bertz CT molecular complexity index is 211. The van der Waals surface area contributed by atoms with Crippen molar-refractivity contribution in [3.05, 3.63) is 0 Å². The SMILES string of the molecule is CCCC[C@@H](CC)[C@@H]1N[C@H](C(=O)O)CS1. The molecule has 0 aromatic rings. The maximum absolute atomic E-state index is 10.8. The Kier molecular flexibility index (Phi) is 5.47. The van der Waals surface area contributed by atoms with E-state index in [2.05, 4.69) is 19.2 Å². The van der Waals surface area contributed by atoms with E-state index in [-0.39, 0.29) is 6.04 Å². The average molecular weight is 231 g/mol. The Morgan fingerprint density at radius 1 is 1.60 bits per heavy atom. The third-order valence-electron chi connectivity index (χ3n) is 2.99. The Labute approximate surface area is 96.0 Å². The van der Waals surface area contributed by atoms with E-state index in [1.54, 1.807) is 11.8 Å². The van der Waals surface area contributed by atoms with Crippen LogP contribution in [0.2, 0.25) is 0 Å². The van der Waals surface area contributed by atoms with Crippen LogP contribution < -0.4 is 5.32 Å². The van der Waals surface area contributed by atoms with Gasteiger partial charge in [0.1, 0.15) is 6.04 Å². The summed E-state index contributed by atoms with van der Waals surface area (Å²) < 4.78 is 0. The van der Waals surface area contributed by atoms with Crippen LogP contribution in [0.15, 0.2) is 0 Å². The van der Waals surface area contributed by atoms with E-state index in [9.17, 15) is 4.79 Å². The molecular weight excluding hydrogens is 210 g/mol. The molecule has 15 heavy (non-hydrogen) atoms. The first-order valence-corrected chi connectivity index (χ1v) is 6.84. The van der Waals surface area contributed by atoms with Crippen LogP contribution >= 0.6 is 11.8 Å². The lowest BCUT2D eigenvalue weighted by atomic mass is 9.99. The Morgan fingerprint density at radius 2 is 2.33 bits per heavy atom. The molecule has 0 aliphatic carbocycles. The number of rotatable bonds is 6. The second-order valence-electron chi connectivity index (χ2n) is 4.12. The molecule has 1 aliphatic rings. The van der Waals surface area contributed by atoms with Gasteiger partial charge in [0.15, 0.2) is 0 Å². The minimum Gasteiger partial charge on any atom is -0.480 e. The van der Waals surface area contributed by atoms with E-state index in [0.717, 1.165) is 6.42 Å². The minimum absolute atomic E-state index is 0.337. The van der Waals surface area contributed by atoms with Gasteiger partial charge in [-0.1, -0.05) is 33.1 Å². The molecule has 0 radical (unpaired) electrons. The molecule has 0 aromatic heterocycles. The van der Waals surface area contributed by atoms with Gasteiger partial charge in [0.2, 0.25) is 0 Å². The van der Waals surface area contributed by atoms with E-state index in [0.29, 0.717) is 17.0 Å². The molecule has 0 spiro atoms. The molecule has 1 aliphatic heterocycles. The zero-order valence-corrected chi connectivity index (χ0v) is 10.3. The van der Waals surface area contributed by atoms with Gasteiger partial charge in [0, 0.05) is 5.75 Å². The van der Waals surface area contributed by atoms with Crippen molar-refractivity contribution in [1.29, 1.82) is 0 Å². The van der Waals surface area contributed by atoms with Crippen LogP contribution in [0.4, 0.5) is 0 Å². The molecule has 1 fully saturated rings. The highest BCUT2D eigenvalue weighted by atomic mass is 32.2. The molecule has 0 amide bonds. The smallest absolute Gasteiger partial charge is 0.321 e. The molecule has 1 rings (SSSR count). The summed E-state index contributed by atoms with van der Waals surface area (Å²) in [6, 6.07) is -0.337. The maximum Gasteiger partial charge on any atom is 0.321 e. The van der Waals surface area contributed by atoms with E-state index < -0.39 is 5.97 Å². The van der Waals surface area contributed by atoms with Crippen LogP contribution in [0.5, 0.6) is 0 Å². The van der Waals surface area contributed by atoms with Crippen molar-refractivity contribution in [3.63, 3.8) is 0 Å². The number of nitrogens with one attached hydrogen (secondary N) is 1. The zero-order valence-electron chi connectivity index (χ0n) is 9.53. The van der Waals surface area contributed by atoms with Crippen molar-refractivity contribution in [3.8, 4) is 0 Å². The molecule has 3 atom stereocenters. The number of thioether (sulfide) groups is 1. The molecule has 0 unspecified atom stereocenters. The van der Waals surface area contributed by atoms with Gasteiger partial charge in [-0.3, -0.25) is 10.1 Å². The fourth-order valence-corrected chi connectivity index (χ4v) is 3.44. The van der Waals surface area contributed by atoms with Gasteiger partial charge >= 0.3 is 5.97 Å². The first-order valence-electron chi connectivity index (χ1n) is 5.79. The Balaban J connectivity index is 2.39. The molecule has 1 saturated heterocycles. The van der Waals surface area contributed by atoms with Crippen LogP contribution in [0.3, 0.4) is 0 Å². The van der Waals surface area contributed by atoms with Crippen molar-refractivity contribution in [1.82, 2.24) is 5.32 Å². The number of carbonyl (C=O) groups is 1. The van der Waals surface area contributed by atoms with Gasteiger partial charge in [-0.2, -0.15) is 0 Å². The minimum atomic E-state index is -0.713. The van der Waals surface area contributed by atoms with Gasteiger partial charge in [-0.15, -0.1) is 11.8 Å². The molecule has 0 saturated carbocycles. The number of aliphatic carboxylic acids is 1. The summed E-state index contributed by atoms with van der Waals surface area (Å²) >= 11 is 1.77. The Morgan fingerprint density at radius 3 is 2.80 bits per heavy atom. The largest absolute Gasteiger partial charge is 0.480 e. The normalized spacial score (nSPS) is 27.9. The summed E-state index contributed by atoms with van der Waals surface area (Å²) in [5, 5.41) is 12.4. The predicted molar refractivity (Wildman–Crippen MR) is 64.1 cm³/mol. The summed E-state index contributed by atoms with van der Waals surface area (Å²) in [5.41, 5.74) is 0. The van der Waals surface area contributed by atoms with Crippen LogP contribution in [0.25, 0.3) is 0 Å². The highest BCUT2D eigenvalue weighted by Gasteiger charge is 2.33. The molecule has 1 heterocycles. The van der Waals surface area contributed by atoms with Gasteiger partial charge < -0.3 is 5.11 Å². The number of unbranched alkanes of at least 4 members (excludes halogenated alkanes) is 1. The van der Waals surface area contributed by atoms with Gasteiger partial charge in [0.25, 0.3) is 0 Å². The molecule has 88 valence electrons. The van der Waals surface area contributed by atoms with Crippen molar-refractivity contribution in [2.45, 2.75) is 50.9 Å². The molecule has 3 nitrogen and oxygen atoms in total. The first kappa shape index (κ1) is 12.8. The fourth-order valence-electron chi connectivity index (χ4n) is 1.95. The number of hydrogen-bond donors (Lipinski definition) is 2. The van der Waals surface area contributed by atoms with E-state index in [1.807, 2.05) is 0 Å². The molecule has 4 heteroatoms. The molecule has 0 aromatic carbocycles. The van der Waals surface area contributed by atoms with E-state index in [1.165, 1.54) is 19.3 Å². The third kappa shape index (κ3) is 3.68. The van der Waals surface area contributed by atoms with E-state index in [4.69, 9.17) is 5.11 Å². The molecule has 2 N–H and O–H groups in total. The van der Waals surface area contributed by atoms with Gasteiger partial charge in [-0.25, -0.2) is 0 Å². The Hall–Kier alpha value is -0.220. The fraction of sp³-hybridized carbons (Fsp3) is 0.909. The lowest BCUT2D eigenvalue weighted by Gasteiger charge is -2.21. The number of hydrogen-bond acceptors (Lipinski definition) is 3. The lowest BCUT2D eigenvalue weighted by molar-refractivity contribution is -0.138. The lowest BCUT2D eigenvalue weighted by Crippen LogP contribution is -2.39. The molecule has 0 bridgehead atoms. The second-order valence-corrected chi connectivity index (χ2v) is 5.30. The third-order valence-corrected chi connectivity index (χ3v) is 4.39. The van der Waals surface area contributed by atoms with Crippen LogP contribution in [0, 0.1) is 5.92 Å². The summed E-state index contributed by atoms with van der Waals surface area (Å²) in [7, 11) is 0. The summed E-state index contributed by atoms with van der Waals surface area (Å²) in [6.45, 7) is 4.39. The quantitative estimate of drug-likeness (QED) is 0.736. The van der Waals surface area contributed by atoms with Gasteiger partial charge in [0.05, 0.1) is 5.37 Å². The predicted octanol–water partition coefficient (Wildman–Crippen LogP) is 2.32. The highest BCUT2D eigenvalue weighted by molar-refractivity contribution is 8.00. The van der Waals surface area contributed by atoms with Crippen molar-refractivity contribution in [2.24, 2.45) is 5.92 Å². The monoisotopic (exact) mass is 231 g/mol. The van der Waals surface area contributed by atoms with E-state index >= 15 is 0 Å². The molecular formula is C11H21NO2S. The highest BCUT2D eigenvalue weighted by Crippen LogP contribution is 2.30. The number of carboxylic acid groups (broad SMARTS) is 1. The van der Waals surface area contributed by atoms with Crippen LogP contribution in [0.1, 0.15) is 39.5 Å². The average Bonchev–Trinajstić information content (AvgIpc) is 2.68. The first-order chi connectivity index (χ1) is 7.19. The van der Waals surface area contributed by atoms with Crippen molar-refractivity contribution in [2.75, 3.05) is 5.75 Å². The zero-order chi connectivity index (χ0) is 11.3. The van der Waals surface area contributed by atoms with Crippen molar-refractivity contribution < 1.29 is 9.90 Å². The standard InChI is InChI=1S/C11H21NO2S/c1-3-5-6-8(4-2)10-12-9(7-15-10)11(13)14/h8-10,12H,3-7H2,1-2H3,(H,13,14)/t8-,9+,10-/m1/s1. The summed E-state index contributed by atoms with van der Waals surface area (Å²) in [6.07, 6.45) is 4.81. The summed E-state index contributed by atoms with van der Waals surface area (Å²) in [5.74, 6) is 0.623.